The predicted octanol–water partition coefficient (Wildman–Crippen LogP) is 3.49. The maximum Gasteiger partial charge on any atom is 0.251 e. The molecule has 0 fully saturated rings. The lowest BCUT2D eigenvalue weighted by Gasteiger charge is -2.05. The summed E-state index contributed by atoms with van der Waals surface area (Å²) in [7, 11) is 0. The van der Waals surface area contributed by atoms with E-state index < -0.39 is 17.5 Å². The molecule has 0 bridgehead atoms. The third kappa shape index (κ3) is 5.45. The summed E-state index contributed by atoms with van der Waals surface area (Å²) < 4.78 is 25.8. The maximum atomic E-state index is 12.9. The third-order valence-electron chi connectivity index (χ3n) is 2.47. The Morgan fingerprint density at radius 3 is 2.28 bits per heavy atom. The number of unbranched alkanes of at least 4 members (excludes halogenated alkanes) is 3. The van der Waals surface area contributed by atoms with E-state index >= 15 is 0 Å². The van der Waals surface area contributed by atoms with E-state index in [1.165, 1.54) is 0 Å². The monoisotopic (exact) mass is 275 g/mol. The van der Waals surface area contributed by atoms with E-state index in [2.05, 4.69) is 5.32 Å². The zero-order valence-corrected chi connectivity index (χ0v) is 10.8. The number of alkyl halides is 1. The van der Waals surface area contributed by atoms with Gasteiger partial charge in [0.05, 0.1) is 0 Å². The molecule has 0 aromatic heterocycles. The van der Waals surface area contributed by atoms with Gasteiger partial charge < -0.3 is 5.32 Å². The van der Waals surface area contributed by atoms with Crippen molar-refractivity contribution in [3.63, 3.8) is 0 Å². The minimum absolute atomic E-state index is 0.00765. The van der Waals surface area contributed by atoms with Crippen LogP contribution < -0.4 is 5.32 Å². The van der Waals surface area contributed by atoms with Crippen molar-refractivity contribution in [2.75, 3.05) is 12.4 Å². The van der Waals surface area contributed by atoms with Crippen LogP contribution in [0.4, 0.5) is 8.78 Å². The number of amides is 1. The van der Waals surface area contributed by atoms with Crippen molar-refractivity contribution < 1.29 is 13.6 Å². The van der Waals surface area contributed by atoms with Gasteiger partial charge in [0, 0.05) is 24.1 Å². The lowest BCUT2D eigenvalue weighted by atomic mass is 10.2. The number of hydrogen-bond donors (Lipinski definition) is 1. The minimum Gasteiger partial charge on any atom is -0.352 e. The summed E-state index contributed by atoms with van der Waals surface area (Å²) in [5.41, 5.74) is 0.00765. The van der Waals surface area contributed by atoms with Gasteiger partial charge in [-0.1, -0.05) is 12.8 Å². The summed E-state index contributed by atoms with van der Waals surface area (Å²) in [6, 6.07) is 2.78. The molecule has 0 atom stereocenters. The first-order chi connectivity index (χ1) is 8.63. The molecule has 100 valence electrons. The second-order valence-electron chi connectivity index (χ2n) is 4.02. The van der Waals surface area contributed by atoms with Gasteiger partial charge in [-0.25, -0.2) is 8.78 Å². The molecule has 2 nitrogen and oxygen atoms in total. The second-order valence-corrected chi connectivity index (χ2v) is 4.40. The normalized spacial score (nSPS) is 10.4. The summed E-state index contributed by atoms with van der Waals surface area (Å²) in [6.45, 7) is 0.499. The molecule has 0 spiro atoms. The first kappa shape index (κ1) is 14.9. The molecule has 0 radical (unpaired) electrons. The Bertz CT molecular complexity index is 378. The molecule has 0 aliphatic carbocycles. The smallest absolute Gasteiger partial charge is 0.251 e. The topological polar surface area (TPSA) is 29.1 Å². The standard InChI is InChI=1S/C13H16ClF2NO/c14-5-3-1-2-4-6-17-13(18)10-7-11(15)9-12(16)8-10/h7-9H,1-6H2,(H,17,18). The summed E-state index contributed by atoms with van der Waals surface area (Å²) in [6.07, 6.45) is 3.80. The maximum absolute atomic E-state index is 12.9. The summed E-state index contributed by atoms with van der Waals surface area (Å²) in [4.78, 5) is 11.6. The first-order valence-electron chi connectivity index (χ1n) is 5.93. The molecule has 1 rings (SSSR count). The van der Waals surface area contributed by atoms with Gasteiger partial charge in [-0.2, -0.15) is 0 Å². The van der Waals surface area contributed by atoms with E-state index in [9.17, 15) is 13.6 Å². The highest BCUT2D eigenvalue weighted by Crippen LogP contribution is 2.08. The Kier molecular flexibility index (Phi) is 6.65. The molecule has 0 saturated heterocycles. The van der Waals surface area contributed by atoms with E-state index in [1.54, 1.807) is 0 Å². The number of hydrogen-bond acceptors (Lipinski definition) is 1. The molecule has 0 heterocycles. The van der Waals surface area contributed by atoms with Crippen molar-refractivity contribution in [3.8, 4) is 0 Å². The van der Waals surface area contributed by atoms with Gasteiger partial charge in [-0.15, -0.1) is 11.6 Å². The summed E-state index contributed by atoms with van der Waals surface area (Å²) in [5.74, 6) is -1.30. The van der Waals surface area contributed by atoms with Gasteiger partial charge in [-0.3, -0.25) is 4.79 Å². The molecule has 1 aromatic rings. The molecule has 0 unspecified atom stereocenters. The predicted molar refractivity (Wildman–Crippen MR) is 67.9 cm³/mol. The Labute approximate surface area is 110 Å². The average Bonchev–Trinajstić information content (AvgIpc) is 2.32. The molecule has 1 aromatic carbocycles. The zero-order chi connectivity index (χ0) is 13.4. The fraction of sp³-hybridized carbons (Fsp3) is 0.462. The van der Waals surface area contributed by atoms with Gasteiger partial charge in [0.1, 0.15) is 11.6 Å². The molecule has 18 heavy (non-hydrogen) atoms. The van der Waals surface area contributed by atoms with Crippen LogP contribution in [0.5, 0.6) is 0 Å². The molecule has 5 heteroatoms. The first-order valence-corrected chi connectivity index (χ1v) is 6.47. The van der Waals surface area contributed by atoms with E-state index in [4.69, 9.17) is 11.6 Å². The van der Waals surface area contributed by atoms with Gasteiger partial charge >= 0.3 is 0 Å². The Morgan fingerprint density at radius 2 is 1.67 bits per heavy atom. The largest absolute Gasteiger partial charge is 0.352 e. The second kappa shape index (κ2) is 8.03. The molecule has 0 aliphatic rings. The quantitative estimate of drug-likeness (QED) is 0.599. The SMILES string of the molecule is O=C(NCCCCCCCl)c1cc(F)cc(F)c1. The van der Waals surface area contributed by atoms with Gasteiger partial charge in [0.25, 0.3) is 5.91 Å². The van der Waals surface area contributed by atoms with Crippen LogP contribution in [0, 0.1) is 11.6 Å². The number of benzene rings is 1. The number of carbonyl (C=O) groups is 1. The van der Waals surface area contributed by atoms with Gasteiger partial charge in [0.2, 0.25) is 0 Å². The van der Waals surface area contributed by atoms with Crippen molar-refractivity contribution in [3.05, 3.63) is 35.4 Å². The molecule has 1 N–H and O–H groups in total. The van der Waals surface area contributed by atoms with Gasteiger partial charge in [-0.05, 0) is 25.0 Å². The highest BCUT2D eigenvalue weighted by atomic mass is 35.5. The molecular weight excluding hydrogens is 260 g/mol. The fourth-order valence-corrected chi connectivity index (χ4v) is 1.75. The highest BCUT2D eigenvalue weighted by molar-refractivity contribution is 6.17. The number of nitrogens with one attached hydrogen (secondary N) is 1. The van der Waals surface area contributed by atoms with E-state index in [1.807, 2.05) is 0 Å². The molecule has 0 saturated carbocycles. The lowest BCUT2D eigenvalue weighted by Crippen LogP contribution is -2.24. The average molecular weight is 276 g/mol. The Balaban J connectivity index is 2.32. The highest BCUT2D eigenvalue weighted by Gasteiger charge is 2.08. The van der Waals surface area contributed by atoms with Crippen molar-refractivity contribution in [2.24, 2.45) is 0 Å². The van der Waals surface area contributed by atoms with Crippen LogP contribution in [0.3, 0.4) is 0 Å². The fourth-order valence-electron chi connectivity index (χ4n) is 1.56. The summed E-state index contributed by atoms with van der Waals surface area (Å²) in [5, 5.41) is 2.63. The van der Waals surface area contributed by atoms with Crippen LogP contribution in [0.25, 0.3) is 0 Å². The Hall–Kier alpha value is -1.16. The number of halogens is 3. The van der Waals surface area contributed by atoms with Crippen LogP contribution in [0.1, 0.15) is 36.0 Å². The van der Waals surface area contributed by atoms with Crippen molar-refractivity contribution >= 4 is 17.5 Å². The minimum atomic E-state index is -0.748. The number of carbonyl (C=O) groups excluding carboxylic acids is 1. The van der Waals surface area contributed by atoms with E-state index in [0.717, 1.165) is 43.9 Å². The van der Waals surface area contributed by atoms with Crippen LogP contribution in [0.15, 0.2) is 18.2 Å². The molecule has 0 aliphatic heterocycles. The van der Waals surface area contributed by atoms with Gasteiger partial charge in [0.15, 0.2) is 0 Å². The van der Waals surface area contributed by atoms with Crippen molar-refractivity contribution in [2.45, 2.75) is 25.7 Å². The Morgan fingerprint density at radius 1 is 1.06 bits per heavy atom. The van der Waals surface area contributed by atoms with Crippen LogP contribution in [0.2, 0.25) is 0 Å². The number of rotatable bonds is 7. The summed E-state index contributed by atoms with van der Waals surface area (Å²) >= 11 is 5.53. The van der Waals surface area contributed by atoms with Crippen LogP contribution in [-0.2, 0) is 0 Å². The third-order valence-corrected chi connectivity index (χ3v) is 2.74. The molecular formula is C13H16ClF2NO. The van der Waals surface area contributed by atoms with Crippen LogP contribution in [-0.4, -0.2) is 18.3 Å². The van der Waals surface area contributed by atoms with E-state index in [0.29, 0.717) is 12.4 Å². The van der Waals surface area contributed by atoms with E-state index in [-0.39, 0.29) is 5.56 Å². The zero-order valence-electron chi connectivity index (χ0n) is 10.0. The van der Waals surface area contributed by atoms with Crippen molar-refractivity contribution in [1.29, 1.82) is 0 Å². The van der Waals surface area contributed by atoms with Crippen molar-refractivity contribution in [1.82, 2.24) is 5.32 Å². The van der Waals surface area contributed by atoms with Crippen LogP contribution >= 0.6 is 11.6 Å². The lowest BCUT2D eigenvalue weighted by molar-refractivity contribution is 0.0952. The molecule has 1 amide bonds.